The zero-order valence-corrected chi connectivity index (χ0v) is 9.33. The van der Waals surface area contributed by atoms with Crippen LogP contribution in [0.1, 0.15) is 0 Å². The van der Waals surface area contributed by atoms with E-state index in [1.807, 2.05) is 54.6 Å². The van der Waals surface area contributed by atoms with Crippen molar-refractivity contribution in [2.24, 2.45) is 0 Å². The van der Waals surface area contributed by atoms with Crippen molar-refractivity contribution in [3.8, 4) is 11.1 Å². The normalized spacial score (nSPS) is 12.4. The number of hydrogen-bond acceptors (Lipinski definition) is 1. The number of hydrogen-bond donors (Lipinski definition) is 0. The molecule has 2 aromatic carbocycles. The van der Waals surface area contributed by atoms with Crippen LogP contribution in [0.2, 0.25) is 0 Å². The SMILES string of the molecule is C[S+]([O-])c1ccccc1-c1ccccc1. The van der Waals surface area contributed by atoms with E-state index in [-0.39, 0.29) is 0 Å². The van der Waals surface area contributed by atoms with Crippen molar-refractivity contribution in [3.05, 3.63) is 54.6 Å². The van der Waals surface area contributed by atoms with Crippen molar-refractivity contribution in [1.29, 1.82) is 0 Å². The average molecular weight is 216 g/mol. The van der Waals surface area contributed by atoms with Gasteiger partial charge in [-0.05, 0) is 28.9 Å². The van der Waals surface area contributed by atoms with Crippen LogP contribution < -0.4 is 0 Å². The Morgan fingerprint density at radius 2 is 1.47 bits per heavy atom. The molecule has 2 heteroatoms. The van der Waals surface area contributed by atoms with E-state index < -0.39 is 11.2 Å². The van der Waals surface area contributed by atoms with Crippen molar-refractivity contribution >= 4 is 11.2 Å². The fourth-order valence-electron chi connectivity index (χ4n) is 1.57. The van der Waals surface area contributed by atoms with Crippen molar-refractivity contribution < 1.29 is 4.55 Å². The molecule has 0 aromatic heterocycles. The van der Waals surface area contributed by atoms with Crippen molar-refractivity contribution in [3.63, 3.8) is 0 Å². The summed E-state index contributed by atoms with van der Waals surface area (Å²) >= 11 is -0.941. The van der Waals surface area contributed by atoms with Crippen LogP contribution in [0.25, 0.3) is 11.1 Å². The van der Waals surface area contributed by atoms with Crippen molar-refractivity contribution in [1.82, 2.24) is 0 Å². The highest BCUT2D eigenvalue weighted by molar-refractivity contribution is 7.90. The molecule has 15 heavy (non-hydrogen) atoms. The molecule has 0 heterocycles. The molecule has 76 valence electrons. The monoisotopic (exact) mass is 216 g/mol. The maximum absolute atomic E-state index is 11.6. The fourth-order valence-corrected chi connectivity index (χ4v) is 2.34. The first-order chi connectivity index (χ1) is 7.29. The van der Waals surface area contributed by atoms with Crippen LogP contribution >= 0.6 is 0 Å². The second-order valence-electron chi connectivity index (χ2n) is 3.32. The highest BCUT2D eigenvalue weighted by Gasteiger charge is 2.11. The van der Waals surface area contributed by atoms with E-state index in [0.29, 0.717) is 0 Å². The molecule has 1 atom stereocenters. The van der Waals surface area contributed by atoms with Gasteiger partial charge in [0.15, 0.2) is 4.90 Å². The van der Waals surface area contributed by atoms with Gasteiger partial charge in [0.2, 0.25) is 0 Å². The molecule has 0 amide bonds. The summed E-state index contributed by atoms with van der Waals surface area (Å²) in [6.45, 7) is 0. The first kappa shape index (κ1) is 10.3. The maximum Gasteiger partial charge on any atom is 0.160 e. The fraction of sp³-hybridized carbons (Fsp3) is 0.0769. The minimum Gasteiger partial charge on any atom is -0.612 e. The van der Waals surface area contributed by atoms with Crippen LogP contribution in [-0.4, -0.2) is 10.8 Å². The second kappa shape index (κ2) is 4.51. The summed E-state index contributed by atoms with van der Waals surface area (Å²) in [5.41, 5.74) is 2.17. The summed E-state index contributed by atoms with van der Waals surface area (Å²) in [4.78, 5) is 0.892. The zero-order chi connectivity index (χ0) is 10.7. The minimum atomic E-state index is -0.941. The molecule has 0 fully saturated rings. The molecule has 0 aliphatic heterocycles. The summed E-state index contributed by atoms with van der Waals surface area (Å²) in [5, 5.41) is 0. The Kier molecular flexibility index (Phi) is 3.09. The molecule has 0 saturated heterocycles. The molecule has 0 N–H and O–H groups in total. The Bertz CT molecular complexity index is 437. The smallest absolute Gasteiger partial charge is 0.160 e. The summed E-state index contributed by atoms with van der Waals surface area (Å²) in [6.07, 6.45) is 1.71. The molecule has 0 spiro atoms. The highest BCUT2D eigenvalue weighted by atomic mass is 32.2. The molecule has 0 bridgehead atoms. The van der Waals surface area contributed by atoms with Gasteiger partial charge in [0.05, 0.1) is 0 Å². The predicted molar refractivity (Wildman–Crippen MR) is 64.2 cm³/mol. The second-order valence-corrected chi connectivity index (χ2v) is 4.66. The van der Waals surface area contributed by atoms with Crippen LogP contribution in [0, 0.1) is 0 Å². The van der Waals surface area contributed by atoms with Crippen LogP contribution in [0.3, 0.4) is 0 Å². The molecule has 1 nitrogen and oxygen atoms in total. The van der Waals surface area contributed by atoms with Gasteiger partial charge in [0.1, 0.15) is 6.26 Å². The van der Waals surface area contributed by atoms with Gasteiger partial charge >= 0.3 is 0 Å². The van der Waals surface area contributed by atoms with Gasteiger partial charge in [-0.15, -0.1) is 0 Å². The third-order valence-corrected chi connectivity index (χ3v) is 3.26. The van der Waals surface area contributed by atoms with E-state index in [1.54, 1.807) is 6.26 Å². The topological polar surface area (TPSA) is 23.1 Å². The molecule has 2 aromatic rings. The Balaban J connectivity index is 2.53. The van der Waals surface area contributed by atoms with Gasteiger partial charge in [0, 0.05) is 5.56 Å². The molecule has 0 saturated carbocycles. The quantitative estimate of drug-likeness (QED) is 0.707. The summed E-state index contributed by atoms with van der Waals surface area (Å²) in [5.74, 6) is 0. The summed E-state index contributed by atoms with van der Waals surface area (Å²) in [6, 6.07) is 17.8. The molecule has 1 unspecified atom stereocenters. The van der Waals surface area contributed by atoms with E-state index in [9.17, 15) is 4.55 Å². The van der Waals surface area contributed by atoms with Crippen molar-refractivity contribution in [2.75, 3.05) is 6.26 Å². The minimum absolute atomic E-state index is 0.892. The molecule has 0 aliphatic carbocycles. The Labute approximate surface area is 92.9 Å². The lowest BCUT2D eigenvalue weighted by atomic mass is 10.1. The first-order valence-corrected chi connectivity index (χ1v) is 6.33. The van der Waals surface area contributed by atoms with Crippen LogP contribution in [-0.2, 0) is 11.2 Å². The highest BCUT2D eigenvalue weighted by Crippen LogP contribution is 2.26. The molecular formula is C13H12OS. The van der Waals surface area contributed by atoms with Crippen LogP contribution in [0.4, 0.5) is 0 Å². The lowest BCUT2D eigenvalue weighted by Crippen LogP contribution is -1.99. The Hall–Kier alpha value is -1.25. The largest absolute Gasteiger partial charge is 0.612 e. The Morgan fingerprint density at radius 1 is 0.867 bits per heavy atom. The third-order valence-electron chi connectivity index (χ3n) is 2.28. The maximum atomic E-state index is 11.6. The van der Waals surface area contributed by atoms with E-state index in [2.05, 4.69) is 0 Å². The lowest BCUT2D eigenvalue weighted by molar-refractivity contribution is 0.601. The van der Waals surface area contributed by atoms with Gasteiger partial charge in [-0.2, -0.15) is 0 Å². The predicted octanol–water partition coefficient (Wildman–Crippen LogP) is 3.09. The van der Waals surface area contributed by atoms with Gasteiger partial charge in [-0.25, -0.2) is 0 Å². The van der Waals surface area contributed by atoms with Gasteiger partial charge in [0.25, 0.3) is 0 Å². The number of rotatable bonds is 2. The molecule has 0 radical (unpaired) electrons. The van der Waals surface area contributed by atoms with E-state index in [0.717, 1.165) is 16.0 Å². The van der Waals surface area contributed by atoms with Crippen molar-refractivity contribution in [2.45, 2.75) is 4.90 Å². The summed E-state index contributed by atoms with van der Waals surface area (Å²) in [7, 11) is 0. The van der Waals surface area contributed by atoms with Crippen LogP contribution in [0.15, 0.2) is 59.5 Å². The zero-order valence-electron chi connectivity index (χ0n) is 8.51. The average Bonchev–Trinajstić information content (AvgIpc) is 2.30. The van der Waals surface area contributed by atoms with E-state index >= 15 is 0 Å². The standard InChI is InChI=1S/C13H12OS/c1-15(14)13-10-6-5-9-12(13)11-7-3-2-4-8-11/h2-10H,1H3. The molecular weight excluding hydrogens is 204 g/mol. The third kappa shape index (κ3) is 2.22. The summed E-state index contributed by atoms with van der Waals surface area (Å²) < 4.78 is 11.6. The number of benzene rings is 2. The lowest BCUT2D eigenvalue weighted by Gasteiger charge is -2.09. The molecule has 2 rings (SSSR count). The first-order valence-electron chi connectivity index (χ1n) is 4.77. The molecule has 0 aliphatic rings. The van der Waals surface area contributed by atoms with E-state index in [4.69, 9.17) is 0 Å². The van der Waals surface area contributed by atoms with Gasteiger partial charge < -0.3 is 4.55 Å². The van der Waals surface area contributed by atoms with Crippen LogP contribution in [0.5, 0.6) is 0 Å². The van der Waals surface area contributed by atoms with E-state index in [1.165, 1.54) is 0 Å². The Morgan fingerprint density at radius 3 is 2.13 bits per heavy atom. The van der Waals surface area contributed by atoms with Gasteiger partial charge in [-0.3, -0.25) is 0 Å². The van der Waals surface area contributed by atoms with Gasteiger partial charge in [-0.1, -0.05) is 42.5 Å².